The number of rotatable bonds is 6. The molecule has 0 heterocycles. The van der Waals surface area contributed by atoms with Gasteiger partial charge in [0.1, 0.15) is 11.5 Å². The molecule has 2 aromatic rings. The van der Waals surface area contributed by atoms with Crippen molar-refractivity contribution < 1.29 is 19.4 Å². The number of benzene rings is 2. The summed E-state index contributed by atoms with van der Waals surface area (Å²) >= 11 is 0. The Labute approximate surface area is 134 Å². The highest BCUT2D eigenvalue weighted by Crippen LogP contribution is 2.64. The fraction of sp³-hybridized carbons (Fsp3) is 0.278. The Morgan fingerprint density at radius 1 is 1.04 bits per heavy atom. The summed E-state index contributed by atoms with van der Waals surface area (Å²) in [5, 5.41) is 9.73. The first-order valence-electron chi connectivity index (χ1n) is 7.48. The van der Waals surface area contributed by atoms with E-state index in [0.717, 1.165) is 0 Å². The van der Waals surface area contributed by atoms with Gasteiger partial charge >= 0.3 is 5.97 Å². The molecule has 0 radical (unpaired) electrons. The number of para-hydroxylation sites is 2. The van der Waals surface area contributed by atoms with Gasteiger partial charge < -0.3 is 20.3 Å². The summed E-state index contributed by atoms with van der Waals surface area (Å²) in [5.41, 5.74) is 4.52. The maximum atomic E-state index is 11.9. The molecule has 0 saturated heterocycles. The van der Waals surface area contributed by atoms with Crippen LogP contribution in [0.2, 0.25) is 0 Å². The lowest BCUT2D eigenvalue weighted by Gasteiger charge is -2.25. The summed E-state index contributed by atoms with van der Waals surface area (Å²) in [6, 6.07) is 18.1. The molecule has 2 aromatic carbocycles. The molecule has 5 heteroatoms. The molecule has 3 rings (SSSR count). The van der Waals surface area contributed by atoms with E-state index in [9.17, 15) is 9.90 Å². The lowest BCUT2D eigenvalue weighted by molar-refractivity contribution is -0.151. The van der Waals surface area contributed by atoms with Gasteiger partial charge in [0.2, 0.25) is 0 Å². The molecule has 0 bridgehead atoms. The van der Waals surface area contributed by atoms with Gasteiger partial charge in [0.15, 0.2) is 5.41 Å². The summed E-state index contributed by atoms with van der Waals surface area (Å²) in [5.74, 6) is -1.63. The van der Waals surface area contributed by atoms with Crippen molar-refractivity contribution in [3.8, 4) is 11.5 Å². The number of hydrogen-bond acceptors (Lipinski definition) is 4. The molecule has 0 aliphatic heterocycles. The van der Waals surface area contributed by atoms with Crippen LogP contribution in [-0.2, 0) is 4.79 Å². The first kappa shape index (κ1) is 15.4. The summed E-state index contributed by atoms with van der Waals surface area (Å²) in [6.07, 6.45) is 0. The monoisotopic (exact) mass is 313 g/mol. The van der Waals surface area contributed by atoms with Crippen LogP contribution in [0, 0.1) is 11.3 Å². The van der Waals surface area contributed by atoms with E-state index in [2.05, 4.69) is 0 Å². The van der Waals surface area contributed by atoms with Crippen molar-refractivity contribution in [2.75, 3.05) is 6.54 Å². The van der Waals surface area contributed by atoms with E-state index in [4.69, 9.17) is 15.2 Å². The summed E-state index contributed by atoms with van der Waals surface area (Å²) in [6.45, 7) is 1.72. The van der Waals surface area contributed by atoms with E-state index < -0.39 is 23.1 Å². The Balaban J connectivity index is 1.99. The molecule has 1 fully saturated rings. The number of aliphatic carboxylic acids is 1. The fourth-order valence-corrected chi connectivity index (χ4v) is 3.11. The maximum Gasteiger partial charge on any atom is 0.319 e. The topological polar surface area (TPSA) is 81.8 Å². The van der Waals surface area contributed by atoms with Crippen LogP contribution >= 0.6 is 0 Å². The largest absolute Gasteiger partial charge is 0.481 e. The smallest absolute Gasteiger partial charge is 0.319 e. The minimum absolute atomic E-state index is 0.0663. The minimum atomic E-state index is -1.32. The maximum absolute atomic E-state index is 11.9. The molecule has 0 aromatic heterocycles. The van der Waals surface area contributed by atoms with E-state index in [1.54, 1.807) is 31.2 Å². The Morgan fingerprint density at radius 3 is 1.78 bits per heavy atom. The fourth-order valence-electron chi connectivity index (χ4n) is 3.11. The van der Waals surface area contributed by atoms with Gasteiger partial charge in [0.05, 0.1) is 5.92 Å². The second kappa shape index (κ2) is 5.59. The molecule has 1 aliphatic carbocycles. The van der Waals surface area contributed by atoms with Gasteiger partial charge in [0, 0.05) is 6.54 Å². The van der Waals surface area contributed by atoms with Crippen LogP contribution in [0.1, 0.15) is 6.92 Å². The first-order valence-corrected chi connectivity index (χ1v) is 7.48. The third kappa shape index (κ3) is 2.24. The molecular weight excluding hydrogens is 294 g/mol. The van der Waals surface area contributed by atoms with Crippen molar-refractivity contribution in [1.29, 1.82) is 0 Å². The highest BCUT2D eigenvalue weighted by Gasteiger charge is 2.84. The molecule has 2 unspecified atom stereocenters. The average molecular weight is 313 g/mol. The highest BCUT2D eigenvalue weighted by atomic mass is 16.7. The van der Waals surface area contributed by atoms with Crippen LogP contribution in [0.3, 0.4) is 0 Å². The standard InChI is InChI=1S/C18H19NO4/c1-13-17(12-19,16(20)21)18(13,22-14-8-4-2-5-9-14)23-15-10-6-3-7-11-15/h2-11,13H,12,19H2,1H3,(H,20,21). The Hall–Kier alpha value is -2.53. The third-order valence-corrected chi connectivity index (χ3v) is 4.58. The van der Waals surface area contributed by atoms with Gasteiger partial charge in [-0.2, -0.15) is 0 Å². The zero-order chi connectivity index (χ0) is 16.5. The van der Waals surface area contributed by atoms with E-state index in [1.165, 1.54) is 0 Å². The second-order valence-electron chi connectivity index (χ2n) is 5.70. The second-order valence-corrected chi connectivity index (χ2v) is 5.70. The number of carboxylic acid groups (broad SMARTS) is 1. The van der Waals surface area contributed by atoms with Gasteiger partial charge in [-0.1, -0.05) is 43.3 Å². The van der Waals surface area contributed by atoms with Gasteiger partial charge in [-0.15, -0.1) is 0 Å². The molecule has 120 valence electrons. The van der Waals surface area contributed by atoms with Crippen molar-refractivity contribution in [2.24, 2.45) is 17.1 Å². The minimum Gasteiger partial charge on any atom is -0.481 e. The van der Waals surface area contributed by atoms with Crippen molar-refractivity contribution in [1.82, 2.24) is 0 Å². The number of nitrogens with two attached hydrogens (primary N) is 1. The van der Waals surface area contributed by atoms with E-state index in [-0.39, 0.29) is 6.54 Å². The lowest BCUT2D eigenvalue weighted by Crippen LogP contribution is -2.42. The molecule has 1 aliphatic rings. The van der Waals surface area contributed by atoms with Crippen LogP contribution in [0.4, 0.5) is 0 Å². The quantitative estimate of drug-likeness (QED) is 0.801. The molecule has 3 N–H and O–H groups in total. The zero-order valence-corrected chi connectivity index (χ0v) is 12.8. The summed E-state index contributed by atoms with van der Waals surface area (Å²) in [4.78, 5) is 11.9. The van der Waals surface area contributed by atoms with Crippen LogP contribution in [0.15, 0.2) is 60.7 Å². The average Bonchev–Trinajstić information content (AvgIpc) is 3.07. The lowest BCUT2D eigenvalue weighted by atomic mass is 10.0. The molecule has 5 nitrogen and oxygen atoms in total. The van der Waals surface area contributed by atoms with Crippen molar-refractivity contribution >= 4 is 5.97 Å². The normalized spacial score (nSPS) is 24.7. The van der Waals surface area contributed by atoms with E-state index in [0.29, 0.717) is 11.5 Å². The molecular formula is C18H19NO4. The number of ether oxygens (including phenoxy) is 2. The van der Waals surface area contributed by atoms with E-state index >= 15 is 0 Å². The third-order valence-electron chi connectivity index (χ3n) is 4.58. The SMILES string of the molecule is CC1C(Oc2ccccc2)(Oc2ccccc2)C1(CN)C(=O)O. The molecule has 0 spiro atoms. The van der Waals surface area contributed by atoms with Crippen LogP contribution in [-0.4, -0.2) is 23.4 Å². The van der Waals surface area contributed by atoms with Gasteiger partial charge in [-0.3, -0.25) is 4.79 Å². The van der Waals surface area contributed by atoms with Crippen LogP contribution in [0.5, 0.6) is 11.5 Å². The van der Waals surface area contributed by atoms with Crippen molar-refractivity contribution in [3.05, 3.63) is 60.7 Å². The predicted molar refractivity (Wildman–Crippen MR) is 85.2 cm³/mol. The Bertz CT molecular complexity index is 647. The van der Waals surface area contributed by atoms with Crippen LogP contribution < -0.4 is 15.2 Å². The zero-order valence-electron chi connectivity index (χ0n) is 12.8. The molecule has 23 heavy (non-hydrogen) atoms. The molecule has 1 saturated carbocycles. The predicted octanol–water partition coefficient (Wildman–Crippen LogP) is 2.52. The first-order chi connectivity index (χ1) is 11.1. The van der Waals surface area contributed by atoms with Crippen molar-refractivity contribution in [2.45, 2.75) is 12.7 Å². The molecule has 2 atom stereocenters. The number of hydrogen-bond donors (Lipinski definition) is 2. The van der Waals surface area contributed by atoms with Gasteiger partial charge in [0.25, 0.3) is 5.79 Å². The van der Waals surface area contributed by atoms with Crippen molar-refractivity contribution in [3.63, 3.8) is 0 Å². The number of carbonyl (C=O) groups is 1. The summed E-state index contributed by atoms with van der Waals surface area (Å²) in [7, 11) is 0. The van der Waals surface area contributed by atoms with Gasteiger partial charge in [-0.05, 0) is 24.3 Å². The Morgan fingerprint density at radius 2 is 1.48 bits per heavy atom. The van der Waals surface area contributed by atoms with E-state index in [1.807, 2.05) is 36.4 Å². The highest BCUT2D eigenvalue weighted by molar-refractivity contribution is 5.82. The summed E-state index contributed by atoms with van der Waals surface area (Å²) < 4.78 is 12.0. The van der Waals surface area contributed by atoms with Gasteiger partial charge in [-0.25, -0.2) is 0 Å². The van der Waals surface area contributed by atoms with Crippen LogP contribution in [0.25, 0.3) is 0 Å². The molecule has 0 amide bonds. The Kier molecular flexibility index (Phi) is 3.74. The number of carboxylic acids is 1.